The smallest absolute Gasteiger partial charge is 0.387 e. The molecule has 8 unspecified atom stereocenters. The standard InChI is InChI=1S/C32H42Cl2N11O9/c33-31-39-25(37-15-7-3-1-4-8-15)19-27(41-31)43(13-35-19)29-23(48)21(46)17(53-29)11-51-45(50)52-12-18-22(47)24(49)30(54-18)44-14-36-20-26(40-32(34)42-28(20)44)38-16-9-5-2-6-10-16/h13-18,21-24,29-30,46-49H,1-12H2,(H,37,39,41)(H,38,40,42)/q+1. The zero-order valence-corrected chi connectivity index (χ0v) is 30.5. The average molecular weight is 796 g/mol. The monoisotopic (exact) mass is 794 g/mol. The molecule has 54 heavy (non-hydrogen) atoms. The molecule has 6 N–H and O–H groups in total. The largest absolute Gasteiger partial charge is 0.477 e. The van der Waals surface area contributed by atoms with Crippen molar-refractivity contribution in [1.82, 2.24) is 39.0 Å². The molecular weight excluding hydrogens is 753 g/mol. The normalized spacial score (nSPS) is 29.6. The van der Waals surface area contributed by atoms with Crippen molar-refractivity contribution in [1.29, 1.82) is 0 Å². The molecule has 0 amide bonds. The fraction of sp³-hybridized carbons (Fsp3) is 0.688. The Morgan fingerprint density at radius 3 is 1.48 bits per heavy atom. The number of anilines is 2. The Morgan fingerprint density at radius 2 is 1.07 bits per heavy atom. The minimum Gasteiger partial charge on any atom is -0.387 e. The van der Waals surface area contributed by atoms with E-state index in [0.717, 1.165) is 51.4 Å². The van der Waals surface area contributed by atoms with Gasteiger partial charge in [-0.1, -0.05) is 38.5 Å². The Kier molecular flexibility index (Phi) is 10.9. The Bertz CT molecular complexity index is 1820. The maximum atomic E-state index is 12.5. The summed E-state index contributed by atoms with van der Waals surface area (Å²) in [5.41, 5.74) is 1.41. The maximum absolute atomic E-state index is 12.5. The van der Waals surface area contributed by atoms with Crippen molar-refractivity contribution in [2.45, 2.75) is 125 Å². The Hall–Kier alpha value is -3.76. The van der Waals surface area contributed by atoms with E-state index in [1.165, 1.54) is 34.6 Å². The van der Waals surface area contributed by atoms with Gasteiger partial charge in [0.05, 0.1) is 12.7 Å². The van der Waals surface area contributed by atoms with Gasteiger partial charge in [0.1, 0.15) is 41.5 Å². The average Bonchev–Trinajstić information content (AvgIpc) is 3.92. The van der Waals surface area contributed by atoms with E-state index in [-0.39, 0.29) is 39.0 Å². The second kappa shape index (κ2) is 15.8. The number of ether oxygens (including phenoxy) is 2. The molecule has 0 radical (unpaired) electrons. The predicted octanol–water partition coefficient (Wildman–Crippen LogP) is 2.34. The lowest BCUT2D eigenvalue weighted by atomic mass is 9.95. The minimum absolute atomic E-state index is 0.0298. The van der Waals surface area contributed by atoms with Crippen molar-refractivity contribution in [2.24, 2.45) is 0 Å². The number of hydrogen-bond donors (Lipinski definition) is 6. The van der Waals surface area contributed by atoms with Gasteiger partial charge in [0.15, 0.2) is 59.6 Å². The van der Waals surface area contributed by atoms with Crippen LogP contribution < -0.4 is 10.6 Å². The predicted molar refractivity (Wildman–Crippen MR) is 189 cm³/mol. The van der Waals surface area contributed by atoms with Gasteiger partial charge >= 0.3 is 5.09 Å². The van der Waals surface area contributed by atoms with E-state index in [0.29, 0.717) is 22.7 Å². The molecule has 2 aliphatic carbocycles. The van der Waals surface area contributed by atoms with Crippen molar-refractivity contribution in [3.05, 3.63) is 28.1 Å². The molecule has 0 bridgehead atoms. The summed E-state index contributed by atoms with van der Waals surface area (Å²) in [5.74, 6) is 0.928. The van der Waals surface area contributed by atoms with Crippen LogP contribution in [0, 0.1) is 4.91 Å². The van der Waals surface area contributed by atoms with Gasteiger partial charge in [-0.15, -0.1) is 0 Å². The first kappa shape index (κ1) is 37.2. The molecule has 22 heteroatoms. The highest BCUT2D eigenvalue weighted by molar-refractivity contribution is 6.29. The van der Waals surface area contributed by atoms with Crippen LogP contribution in [0.5, 0.6) is 0 Å². The molecule has 6 heterocycles. The van der Waals surface area contributed by atoms with Gasteiger partial charge in [0, 0.05) is 12.1 Å². The number of aliphatic hydroxyl groups is 4. The van der Waals surface area contributed by atoms with E-state index in [1.54, 1.807) is 0 Å². The lowest BCUT2D eigenvalue weighted by Gasteiger charge is -2.23. The van der Waals surface area contributed by atoms with Crippen LogP contribution in [0.15, 0.2) is 12.7 Å². The molecule has 0 aromatic carbocycles. The molecule has 292 valence electrons. The molecule has 2 saturated carbocycles. The van der Waals surface area contributed by atoms with E-state index >= 15 is 0 Å². The van der Waals surface area contributed by atoms with E-state index in [2.05, 4.69) is 40.5 Å². The zero-order valence-electron chi connectivity index (χ0n) is 29.0. The number of halogens is 2. The highest BCUT2D eigenvalue weighted by Gasteiger charge is 2.48. The van der Waals surface area contributed by atoms with Crippen LogP contribution in [-0.4, -0.2) is 126 Å². The summed E-state index contributed by atoms with van der Waals surface area (Å²) in [4.78, 5) is 48.9. The van der Waals surface area contributed by atoms with Crippen LogP contribution in [0.2, 0.25) is 10.6 Å². The summed E-state index contributed by atoms with van der Waals surface area (Å²) < 4.78 is 14.7. The fourth-order valence-electron chi connectivity index (χ4n) is 7.73. The number of rotatable bonds is 12. The molecule has 20 nitrogen and oxygen atoms in total. The molecular formula is C32H42Cl2N11O9+. The molecule has 2 aliphatic heterocycles. The van der Waals surface area contributed by atoms with Crippen molar-refractivity contribution in [3.8, 4) is 0 Å². The Morgan fingerprint density at radius 1 is 0.667 bits per heavy atom. The fourth-order valence-corrected chi connectivity index (χ4v) is 8.06. The number of nitrogens with one attached hydrogen (secondary N) is 2. The number of nitrogens with zero attached hydrogens (tertiary/aromatic N) is 9. The Labute approximate surface area is 317 Å². The molecule has 4 aliphatic rings. The van der Waals surface area contributed by atoms with Gasteiger partial charge in [-0.05, 0) is 48.9 Å². The molecule has 4 aromatic heterocycles. The Balaban J connectivity index is 0.870. The van der Waals surface area contributed by atoms with Crippen LogP contribution in [-0.2, 0) is 19.1 Å². The molecule has 2 saturated heterocycles. The second-order valence-corrected chi connectivity index (χ2v) is 14.9. The van der Waals surface area contributed by atoms with Crippen molar-refractivity contribution >= 4 is 57.2 Å². The summed E-state index contributed by atoms with van der Waals surface area (Å²) >= 11 is 12.5. The topological polar surface area (TPSA) is 249 Å². The quantitative estimate of drug-likeness (QED) is 0.0889. The van der Waals surface area contributed by atoms with Crippen molar-refractivity contribution < 1.29 is 44.7 Å². The summed E-state index contributed by atoms with van der Waals surface area (Å²) in [6, 6.07) is 0.436. The van der Waals surface area contributed by atoms with Crippen molar-refractivity contribution in [2.75, 3.05) is 23.8 Å². The third-order valence-corrected chi connectivity index (χ3v) is 10.9. The summed E-state index contributed by atoms with van der Waals surface area (Å²) in [5, 5.41) is 49.9. The van der Waals surface area contributed by atoms with Gasteiger partial charge in [-0.3, -0.25) is 9.13 Å². The van der Waals surface area contributed by atoms with Gasteiger partial charge in [0.25, 0.3) is 0 Å². The summed E-state index contributed by atoms with van der Waals surface area (Å²) in [6.45, 7) is -1.04. The summed E-state index contributed by atoms with van der Waals surface area (Å²) in [6.07, 6.45) is 3.16. The number of aromatic nitrogens is 8. The van der Waals surface area contributed by atoms with E-state index in [9.17, 15) is 25.3 Å². The molecule has 0 spiro atoms. The van der Waals surface area contributed by atoms with Gasteiger partial charge < -0.3 is 40.5 Å². The SMILES string of the molecule is O=[N+](OCC1OC(n2cnc3c(NC4CCCCC4)nc(Cl)nc32)C(O)C1O)OCC1OC(n2cnc3c(NC4CCCCC4)nc(Cl)nc32)C(O)C1O. The number of fused-ring (bicyclic) bond motifs is 2. The maximum Gasteiger partial charge on any atom is 0.477 e. The first-order valence-electron chi connectivity index (χ1n) is 18.2. The number of imidazole rings is 2. The van der Waals surface area contributed by atoms with Crippen molar-refractivity contribution in [3.63, 3.8) is 0 Å². The van der Waals surface area contributed by atoms with Crippen LogP contribution in [0.3, 0.4) is 0 Å². The van der Waals surface area contributed by atoms with E-state index in [4.69, 9.17) is 42.4 Å². The number of hydrogen-bond acceptors (Lipinski definition) is 17. The van der Waals surface area contributed by atoms with Gasteiger partial charge in [-0.25, -0.2) is 9.97 Å². The molecule has 4 aromatic rings. The van der Waals surface area contributed by atoms with E-state index < -0.39 is 62.3 Å². The molecule has 4 fully saturated rings. The first-order chi connectivity index (χ1) is 26.1. The molecule has 8 atom stereocenters. The third-order valence-electron chi connectivity index (χ3n) is 10.6. The summed E-state index contributed by atoms with van der Waals surface area (Å²) in [7, 11) is 0. The first-order valence-corrected chi connectivity index (χ1v) is 19.0. The highest BCUT2D eigenvalue weighted by Crippen LogP contribution is 2.36. The van der Waals surface area contributed by atoms with Crippen LogP contribution in [0.25, 0.3) is 22.3 Å². The highest BCUT2D eigenvalue weighted by atomic mass is 35.5. The van der Waals surface area contributed by atoms with Crippen LogP contribution in [0.4, 0.5) is 11.6 Å². The van der Waals surface area contributed by atoms with Crippen LogP contribution in [0.1, 0.15) is 76.7 Å². The minimum atomic E-state index is -1.46. The van der Waals surface area contributed by atoms with Gasteiger partial charge in [0.2, 0.25) is 10.6 Å². The molecule has 8 rings (SSSR count). The van der Waals surface area contributed by atoms with Crippen LogP contribution >= 0.6 is 23.2 Å². The third kappa shape index (κ3) is 7.45. The van der Waals surface area contributed by atoms with E-state index in [1.807, 2.05) is 0 Å². The lowest BCUT2D eigenvalue weighted by molar-refractivity contribution is -0.982. The lowest BCUT2D eigenvalue weighted by Crippen LogP contribution is -2.36. The van der Waals surface area contributed by atoms with Gasteiger partial charge in [-0.2, -0.15) is 29.6 Å². The second-order valence-electron chi connectivity index (χ2n) is 14.2. The number of aliphatic hydroxyl groups excluding tert-OH is 4. The zero-order chi connectivity index (χ0) is 37.5.